The van der Waals surface area contributed by atoms with E-state index in [1.54, 1.807) is 35.1 Å². The van der Waals surface area contributed by atoms with Gasteiger partial charge in [0.15, 0.2) is 0 Å². The molecule has 2 aliphatic heterocycles. The summed E-state index contributed by atoms with van der Waals surface area (Å²) in [5.74, 6) is 0.422. The number of nitrogens with one attached hydrogen (secondary N) is 1. The first kappa shape index (κ1) is 23.6. The Morgan fingerprint density at radius 1 is 1.06 bits per heavy atom. The number of hydrogen-bond acceptors (Lipinski definition) is 4. The van der Waals surface area contributed by atoms with E-state index in [1.807, 2.05) is 61.5 Å². The van der Waals surface area contributed by atoms with E-state index in [9.17, 15) is 14.4 Å². The van der Waals surface area contributed by atoms with Gasteiger partial charge in [0.1, 0.15) is 11.8 Å². The zero-order chi connectivity index (χ0) is 25.2. The second-order valence-corrected chi connectivity index (χ2v) is 9.27. The lowest BCUT2D eigenvalue weighted by molar-refractivity contribution is -0.122. The molecule has 3 aromatic carbocycles. The van der Waals surface area contributed by atoms with Crippen LogP contribution in [0.1, 0.15) is 57.7 Å². The molecule has 0 saturated carbocycles. The summed E-state index contributed by atoms with van der Waals surface area (Å²) in [6.45, 7) is 2.86. The number of rotatable bonds is 6. The Balaban J connectivity index is 1.33. The number of carbonyl (C=O) groups is 3. The number of fused-ring (bicyclic) bond motifs is 2. The quantitative estimate of drug-likeness (QED) is 0.566. The number of nitrogens with zero attached hydrogens (tertiary/aromatic N) is 2. The average molecular weight is 484 g/mol. The van der Waals surface area contributed by atoms with E-state index in [4.69, 9.17) is 4.74 Å². The van der Waals surface area contributed by atoms with E-state index < -0.39 is 6.04 Å². The minimum absolute atomic E-state index is 0.0558. The normalized spacial score (nSPS) is 17.8. The number of carbonyl (C=O) groups excluding carboxylic acids is 3. The third kappa shape index (κ3) is 4.44. The van der Waals surface area contributed by atoms with Crippen molar-refractivity contribution in [1.29, 1.82) is 0 Å². The van der Waals surface area contributed by atoms with Gasteiger partial charge in [0, 0.05) is 12.1 Å². The number of ether oxygens (including phenoxy) is 1. The largest absolute Gasteiger partial charge is 0.497 e. The molecule has 7 heteroatoms. The molecule has 3 amide bonds. The van der Waals surface area contributed by atoms with Gasteiger partial charge in [-0.2, -0.15) is 0 Å². The van der Waals surface area contributed by atoms with Crippen LogP contribution in [-0.4, -0.2) is 42.3 Å². The maximum atomic E-state index is 13.5. The summed E-state index contributed by atoms with van der Waals surface area (Å²) in [7, 11) is 1.61. The van der Waals surface area contributed by atoms with Crippen LogP contribution in [0.3, 0.4) is 0 Å². The fourth-order valence-corrected chi connectivity index (χ4v) is 4.99. The topological polar surface area (TPSA) is 79.0 Å². The van der Waals surface area contributed by atoms with Crippen LogP contribution in [0.4, 0.5) is 5.69 Å². The molecule has 2 aliphatic rings. The molecule has 184 valence electrons. The summed E-state index contributed by atoms with van der Waals surface area (Å²) in [5, 5.41) is 3.02. The Morgan fingerprint density at radius 2 is 1.83 bits per heavy atom. The zero-order valence-corrected chi connectivity index (χ0v) is 20.4. The molecule has 0 unspecified atom stereocenters. The first-order chi connectivity index (χ1) is 17.5. The monoisotopic (exact) mass is 483 g/mol. The fourth-order valence-electron chi connectivity index (χ4n) is 4.99. The van der Waals surface area contributed by atoms with Crippen LogP contribution in [-0.2, 0) is 11.3 Å². The molecule has 1 fully saturated rings. The van der Waals surface area contributed by atoms with Crippen LogP contribution in [0, 0.1) is 0 Å². The van der Waals surface area contributed by atoms with Gasteiger partial charge in [0.25, 0.3) is 11.8 Å². The summed E-state index contributed by atoms with van der Waals surface area (Å²) in [4.78, 5) is 42.9. The van der Waals surface area contributed by atoms with Crippen LogP contribution in [0.5, 0.6) is 5.75 Å². The van der Waals surface area contributed by atoms with E-state index in [2.05, 4.69) is 5.32 Å². The average Bonchev–Trinajstić information content (AvgIpc) is 3.39. The lowest BCUT2D eigenvalue weighted by Crippen LogP contribution is -2.44. The molecule has 2 atom stereocenters. The SMILES string of the molecule is COc1cccc([C@@H](C)NC(=O)c2ccc(CN3C(=O)[C@H]4CCCN4C(=O)c4ccccc43)cc2)c1. The molecule has 0 aliphatic carbocycles. The number of benzene rings is 3. The highest BCUT2D eigenvalue weighted by molar-refractivity contribution is 6.11. The Bertz CT molecular complexity index is 1300. The lowest BCUT2D eigenvalue weighted by atomic mass is 10.1. The van der Waals surface area contributed by atoms with Crippen molar-refractivity contribution in [1.82, 2.24) is 10.2 Å². The highest BCUT2D eigenvalue weighted by atomic mass is 16.5. The van der Waals surface area contributed by atoms with E-state index in [1.165, 1.54) is 0 Å². The third-order valence-corrected chi connectivity index (χ3v) is 6.99. The fraction of sp³-hybridized carbons (Fsp3) is 0.276. The number of anilines is 1. The van der Waals surface area contributed by atoms with Gasteiger partial charge in [-0.3, -0.25) is 14.4 Å². The Hall–Kier alpha value is -4.13. The lowest BCUT2D eigenvalue weighted by Gasteiger charge is -2.26. The highest BCUT2D eigenvalue weighted by Gasteiger charge is 2.41. The summed E-state index contributed by atoms with van der Waals surface area (Å²) < 4.78 is 5.27. The summed E-state index contributed by atoms with van der Waals surface area (Å²) in [5.41, 5.74) is 3.56. The predicted octanol–water partition coefficient (Wildman–Crippen LogP) is 4.34. The van der Waals surface area contributed by atoms with Crippen molar-refractivity contribution in [3.05, 3.63) is 95.1 Å². The molecular weight excluding hydrogens is 454 g/mol. The maximum Gasteiger partial charge on any atom is 0.256 e. The van der Waals surface area contributed by atoms with Gasteiger partial charge in [-0.25, -0.2) is 0 Å². The minimum atomic E-state index is -0.423. The highest BCUT2D eigenvalue weighted by Crippen LogP contribution is 2.33. The van der Waals surface area contributed by atoms with E-state index in [-0.39, 0.29) is 23.8 Å². The van der Waals surface area contributed by atoms with E-state index in [0.29, 0.717) is 36.3 Å². The Kier molecular flexibility index (Phi) is 6.46. The van der Waals surface area contributed by atoms with Crippen LogP contribution >= 0.6 is 0 Å². The second-order valence-electron chi connectivity index (χ2n) is 9.27. The van der Waals surface area contributed by atoms with Gasteiger partial charge in [0.05, 0.1) is 30.9 Å². The second kappa shape index (κ2) is 9.85. The molecular formula is C29H29N3O4. The van der Waals surface area contributed by atoms with Crippen molar-refractivity contribution in [2.75, 3.05) is 18.6 Å². The molecule has 2 heterocycles. The van der Waals surface area contributed by atoms with Gasteiger partial charge in [0.2, 0.25) is 5.91 Å². The number of methoxy groups -OCH3 is 1. The predicted molar refractivity (Wildman–Crippen MR) is 137 cm³/mol. The van der Waals surface area contributed by atoms with E-state index >= 15 is 0 Å². The smallest absolute Gasteiger partial charge is 0.256 e. The molecule has 7 nitrogen and oxygen atoms in total. The standard InChI is InChI=1S/C29H29N3O4/c1-19(22-7-5-8-23(17-22)36-2)30-27(33)21-14-12-20(13-15-21)18-32-25-10-4-3-9-24(25)28(34)31-16-6-11-26(31)29(32)35/h3-5,7-10,12-15,17,19,26H,6,11,16,18H2,1-2H3,(H,30,33)/t19-,26-/m1/s1. The van der Waals surface area contributed by atoms with Gasteiger partial charge in [-0.05, 0) is 67.3 Å². The van der Waals surface area contributed by atoms with Gasteiger partial charge in [-0.1, -0.05) is 36.4 Å². The van der Waals surface area contributed by atoms with Gasteiger partial charge < -0.3 is 19.9 Å². The van der Waals surface area contributed by atoms with Crippen molar-refractivity contribution >= 4 is 23.4 Å². The third-order valence-electron chi connectivity index (χ3n) is 6.99. The van der Waals surface area contributed by atoms with E-state index in [0.717, 1.165) is 23.3 Å². The molecule has 5 rings (SSSR count). The number of hydrogen-bond donors (Lipinski definition) is 1. The van der Waals surface area contributed by atoms with Gasteiger partial charge >= 0.3 is 0 Å². The molecule has 36 heavy (non-hydrogen) atoms. The van der Waals surface area contributed by atoms with Crippen molar-refractivity contribution < 1.29 is 19.1 Å². The van der Waals surface area contributed by atoms with Crippen molar-refractivity contribution in [3.63, 3.8) is 0 Å². The molecule has 3 aromatic rings. The van der Waals surface area contributed by atoms with Crippen LogP contribution in [0.15, 0.2) is 72.8 Å². The van der Waals surface area contributed by atoms with Crippen LogP contribution in [0.2, 0.25) is 0 Å². The molecule has 0 bridgehead atoms. The van der Waals surface area contributed by atoms with Crippen molar-refractivity contribution in [2.24, 2.45) is 0 Å². The number of amides is 3. The molecule has 1 saturated heterocycles. The first-order valence-corrected chi connectivity index (χ1v) is 12.2. The Morgan fingerprint density at radius 3 is 2.61 bits per heavy atom. The molecule has 0 aromatic heterocycles. The first-order valence-electron chi connectivity index (χ1n) is 12.2. The van der Waals surface area contributed by atoms with Crippen molar-refractivity contribution in [2.45, 2.75) is 38.4 Å². The summed E-state index contributed by atoms with van der Waals surface area (Å²) >= 11 is 0. The summed E-state index contributed by atoms with van der Waals surface area (Å²) in [6, 6.07) is 21.5. The Labute approximate surface area is 210 Å². The van der Waals surface area contributed by atoms with Gasteiger partial charge in [-0.15, -0.1) is 0 Å². The molecule has 1 N–H and O–H groups in total. The van der Waals surface area contributed by atoms with Crippen molar-refractivity contribution in [3.8, 4) is 5.75 Å². The molecule has 0 radical (unpaired) electrons. The summed E-state index contributed by atoms with van der Waals surface area (Å²) in [6.07, 6.45) is 1.51. The minimum Gasteiger partial charge on any atom is -0.497 e. The molecule has 0 spiro atoms. The van der Waals surface area contributed by atoms with Crippen LogP contribution in [0.25, 0.3) is 0 Å². The maximum absolute atomic E-state index is 13.5. The zero-order valence-electron chi connectivity index (χ0n) is 20.4. The number of para-hydroxylation sites is 1. The van der Waals surface area contributed by atoms with Crippen LogP contribution < -0.4 is 15.0 Å².